The zero-order chi connectivity index (χ0) is 28.2. The van der Waals surface area contributed by atoms with Crippen LogP contribution in [0, 0.1) is 11.6 Å². The molecule has 204 valence electrons. The van der Waals surface area contributed by atoms with E-state index in [0.29, 0.717) is 18.9 Å². The lowest BCUT2D eigenvalue weighted by atomic mass is 9.77. The van der Waals surface area contributed by atoms with Crippen LogP contribution in [-0.4, -0.2) is 34.4 Å². The van der Waals surface area contributed by atoms with Crippen molar-refractivity contribution in [3.8, 4) is 0 Å². The maximum Gasteiger partial charge on any atom is 0.254 e. The van der Waals surface area contributed by atoms with Crippen molar-refractivity contribution in [3.05, 3.63) is 107 Å². The Kier molecular flexibility index (Phi) is 8.40. The highest BCUT2D eigenvalue weighted by Gasteiger charge is 2.46. The maximum atomic E-state index is 13.7. The summed E-state index contributed by atoms with van der Waals surface area (Å²) in [5.74, 6) is -4.31. The molecule has 0 radical (unpaired) electrons. The zero-order valence-corrected chi connectivity index (χ0v) is 21.7. The summed E-state index contributed by atoms with van der Waals surface area (Å²) in [6.07, 6.45) is -0.668. The van der Waals surface area contributed by atoms with Crippen LogP contribution in [0.2, 0.25) is 0 Å². The van der Waals surface area contributed by atoms with Gasteiger partial charge in [0.05, 0.1) is 6.04 Å². The Hall–Kier alpha value is -4.11. The minimum Gasteiger partial charge on any atom is -0.378 e. The van der Waals surface area contributed by atoms with Gasteiger partial charge in [0, 0.05) is 12.0 Å². The lowest BCUT2D eigenvalue weighted by Crippen LogP contribution is -2.62. The van der Waals surface area contributed by atoms with E-state index in [0.717, 1.165) is 23.3 Å². The normalized spacial score (nSPS) is 22.6. The van der Waals surface area contributed by atoms with Crippen molar-refractivity contribution in [2.75, 3.05) is 0 Å². The molecule has 3 amide bonds. The molecule has 1 aliphatic rings. The fourth-order valence-corrected chi connectivity index (χ4v) is 5.03. The molecule has 0 spiro atoms. The first kappa shape index (κ1) is 27.9. The number of nitrogens with one attached hydrogen (secondary N) is 3. The monoisotopic (exact) mass is 535 g/mol. The Bertz CT molecular complexity index is 1320. The van der Waals surface area contributed by atoms with Crippen molar-refractivity contribution < 1.29 is 28.3 Å². The van der Waals surface area contributed by atoms with Gasteiger partial charge in [0.2, 0.25) is 11.8 Å². The standard InChI is InChI=1S/C30H31F2N3O4/c1-18(33-28(38)26(36)21-15-22(31)17-23(32)16-21)27(37)35-30(2)24(19-9-5-3-6-10-19)13-14-25(34-29(30)39)20-11-7-4-8-12-20/h3-12,15-18,24-26,36H,13-14H2,1-2H3,(H,33,38)(H,34,39)(H,35,37)/t18-,24+,25-,26-,30-/m0/s1. The highest BCUT2D eigenvalue weighted by Crippen LogP contribution is 2.38. The van der Waals surface area contributed by atoms with Gasteiger partial charge in [-0.25, -0.2) is 8.78 Å². The Morgan fingerprint density at radius 3 is 2.08 bits per heavy atom. The third-order valence-corrected chi connectivity index (χ3v) is 7.21. The van der Waals surface area contributed by atoms with Crippen LogP contribution in [0.5, 0.6) is 0 Å². The van der Waals surface area contributed by atoms with Gasteiger partial charge in [-0.05, 0) is 55.5 Å². The molecule has 3 aromatic rings. The summed E-state index contributed by atoms with van der Waals surface area (Å²) in [6, 6.07) is 19.9. The first-order valence-electron chi connectivity index (χ1n) is 12.8. The molecule has 0 aromatic heterocycles. The van der Waals surface area contributed by atoms with Crippen LogP contribution >= 0.6 is 0 Å². The second kappa shape index (κ2) is 11.7. The number of amides is 3. The van der Waals surface area contributed by atoms with Gasteiger partial charge in [-0.2, -0.15) is 0 Å². The van der Waals surface area contributed by atoms with Crippen molar-refractivity contribution in [1.29, 1.82) is 0 Å². The molecule has 0 saturated carbocycles. The molecule has 4 rings (SSSR count). The van der Waals surface area contributed by atoms with Crippen LogP contribution in [0.4, 0.5) is 8.78 Å². The molecule has 5 atom stereocenters. The molecule has 4 N–H and O–H groups in total. The van der Waals surface area contributed by atoms with Crippen molar-refractivity contribution in [3.63, 3.8) is 0 Å². The molecule has 1 saturated heterocycles. The number of hydrogen-bond donors (Lipinski definition) is 4. The van der Waals surface area contributed by atoms with E-state index >= 15 is 0 Å². The third kappa shape index (κ3) is 6.31. The lowest BCUT2D eigenvalue weighted by Gasteiger charge is -2.36. The van der Waals surface area contributed by atoms with E-state index in [9.17, 15) is 28.3 Å². The van der Waals surface area contributed by atoms with E-state index in [1.165, 1.54) is 6.92 Å². The van der Waals surface area contributed by atoms with Crippen LogP contribution in [-0.2, 0) is 14.4 Å². The Labute approximate surface area is 225 Å². The number of rotatable bonds is 7. The summed E-state index contributed by atoms with van der Waals surface area (Å²) < 4.78 is 27.1. The van der Waals surface area contributed by atoms with Gasteiger partial charge in [-0.15, -0.1) is 0 Å². The number of aliphatic hydroxyl groups excluding tert-OH is 1. The molecule has 1 fully saturated rings. The Morgan fingerprint density at radius 1 is 0.923 bits per heavy atom. The van der Waals surface area contributed by atoms with Gasteiger partial charge in [0.15, 0.2) is 6.10 Å². The maximum absolute atomic E-state index is 13.7. The molecular formula is C30H31F2N3O4. The largest absolute Gasteiger partial charge is 0.378 e. The predicted octanol–water partition coefficient (Wildman–Crippen LogP) is 3.81. The highest BCUT2D eigenvalue weighted by molar-refractivity contribution is 5.95. The number of hydrogen-bond acceptors (Lipinski definition) is 4. The second-order valence-electron chi connectivity index (χ2n) is 10.0. The van der Waals surface area contributed by atoms with Crippen molar-refractivity contribution >= 4 is 17.7 Å². The molecule has 7 nitrogen and oxygen atoms in total. The molecule has 1 aliphatic heterocycles. The van der Waals surface area contributed by atoms with Crippen molar-refractivity contribution in [2.24, 2.45) is 0 Å². The number of benzene rings is 3. The molecule has 1 heterocycles. The van der Waals surface area contributed by atoms with Gasteiger partial charge < -0.3 is 21.1 Å². The van der Waals surface area contributed by atoms with E-state index in [1.807, 2.05) is 60.7 Å². The number of aliphatic hydroxyl groups is 1. The SMILES string of the molecule is C[C@H](NC(=O)[C@@H](O)c1cc(F)cc(F)c1)C(=O)N[C@]1(C)C(=O)N[C@H](c2ccccc2)CC[C@@H]1c1ccccc1. The molecule has 0 unspecified atom stereocenters. The minimum atomic E-state index is -1.90. The summed E-state index contributed by atoms with van der Waals surface area (Å²) in [7, 11) is 0. The molecule has 0 aliphatic carbocycles. The summed E-state index contributed by atoms with van der Waals surface area (Å²) in [4.78, 5) is 39.6. The average Bonchev–Trinajstić information content (AvgIpc) is 3.04. The van der Waals surface area contributed by atoms with Crippen LogP contribution < -0.4 is 16.0 Å². The summed E-state index contributed by atoms with van der Waals surface area (Å²) in [5, 5.41) is 18.6. The van der Waals surface area contributed by atoms with E-state index < -0.39 is 41.1 Å². The van der Waals surface area contributed by atoms with Crippen LogP contribution in [0.15, 0.2) is 78.9 Å². The number of carbonyl (C=O) groups is 3. The van der Waals surface area contributed by atoms with Gasteiger partial charge in [0.1, 0.15) is 23.2 Å². The Balaban J connectivity index is 1.54. The average molecular weight is 536 g/mol. The Morgan fingerprint density at radius 2 is 1.49 bits per heavy atom. The quantitative estimate of drug-likeness (QED) is 0.369. The topological polar surface area (TPSA) is 108 Å². The smallest absolute Gasteiger partial charge is 0.254 e. The zero-order valence-electron chi connectivity index (χ0n) is 21.7. The van der Waals surface area contributed by atoms with Crippen LogP contribution in [0.25, 0.3) is 0 Å². The summed E-state index contributed by atoms with van der Waals surface area (Å²) >= 11 is 0. The number of halogens is 2. The van der Waals surface area contributed by atoms with E-state index in [1.54, 1.807) is 6.92 Å². The van der Waals surface area contributed by atoms with Crippen LogP contribution in [0.1, 0.15) is 61.4 Å². The van der Waals surface area contributed by atoms with Crippen LogP contribution in [0.3, 0.4) is 0 Å². The highest BCUT2D eigenvalue weighted by atomic mass is 19.1. The van der Waals surface area contributed by atoms with Gasteiger partial charge in [-0.3, -0.25) is 14.4 Å². The lowest BCUT2D eigenvalue weighted by molar-refractivity contribution is -0.137. The number of carbonyl (C=O) groups excluding carboxylic acids is 3. The fourth-order valence-electron chi connectivity index (χ4n) is 5.03. The molecule has 39 heavy (non-hydrogen) atoms. The first-order valence-corrected chi connectivity index (χ1v) is 12.8. The van der Waals surface area contributed by atoms with E-state index in [4.69, 9.17) is 0 Å². The van der Waals surface area contributed by atoms with Gasteiger partial charge in [0.25, 0.3) is 5.91 Å². The summed E-state index contributed by atoms with van der Waals surface area (Å²) in [5.41, 5.74) is 0.176. The molecule has 0 bridgehead atoms. The van der Waals surface area contributed by atoms with Gasteiger partial charge in [-0.1, -0.05) is 60.7 Å². The predicted molar refractivity (Wildman–Crippen MR) is 141 cm³/mol. The summed E-state index contributed by atoms with van der Waals surface area (Å²) in [6.45, 7) is 3.05. The minimum absolute atomic E-state index is 0.248. The van der Waals surface area contributed by atoms with Gasteiger partial charge >= 0.3 is 0 Å². The third-order valence-electron chi connectivity index (χ3n) is 7.21. The van der Waals surface area contributed by atoms with Crippen molar-refractivity contribution in [1.82, 2.24) is 16.0 Å². The second-order valence-corrected chi connectivity index (χ2v) is 10.0. The fraction of sp³-hybridized carbons (Fsp3) is 0.300. The van der Waals surface area contributed by atoms with Crippen molar-refractivity contribution in [2.45, 2.75) is 56.3 Å². The van der Waals surface area contributed by atoms with E-state index in [-0.39, 0.29) is 23.4 Å². The molecule has 3 aromatic carbocycles. The molecular weight excluding hydrogens is 504 g/mol. The first-order chi connectivity index (χ1) is 18.6. The molecule has 9 heteroatoms. The van der Waals surface area contributed by atoms with E-state index in [2.05, 4.69) is 16.0 Å².